The summed E-state index contributed by atoms with van der Waals surface area (Å²) in [6.45, 7) is 7.15. The van der Waals surface area contributed by atoms with Crippen LogP contribution in [0.1, 0.15) is 30.9 Å². The summed E-state index contributed by atoms with van der Waals surface area (Å²) in [6.07, 6.45) is 5.39. The van der Waals surface area contributed by atoms with Gasteiger partial charge in [-0.2, -0.15) is 0 Å². The number of carbonyl (C=O) groups is 1. The highest BCUT2D eigenvalue weighted by atomic mass is 16.5. The number of carbonyl (C=O) groups excluding carboxylic acids is 1. The van der Waals surface area contributed by atoms with E-state index in [2.05, 4.69) is 27.3 Å². The molecule has 1 atom stereocenters. The van der Waals surface area contributed by atoms with Crippen molar-refractivity contribution in [2.75, 3.05) is 32.9 Å². The summed E-state index contributed by atoms with van der Waals surface area (Å²) >= 11 is 0. The van der Waals surface area contributed by atoms with Crippen LogP contribution in [0.5, 0.6) is 5.75 Å². The van der Waals surface area contributed by atoms with E-state index in [-0.39, 0.29) is 17.2 Å². The smallest absolute Gasteiger partial charge is 0.225 e. The van der Waals surface area contributed by atoms with Crippen LogP contribution in [0.15, 0.2) is 48.8 Å². The lowest BCUT2D eigenvalue weighted by molar-refractivity contribution is -0.130. The first-order valence-corrected chi connectivity index (χ1v) is 10.9. The first-order chi connectivity index (χ1) is 14.7. The maximum atomic E-state index is 13.2. The Morgan fingerprint density at radius 1 is 1.23 bits per heavy atom. The van der Waals surface area contributed by atoms with Gasteiger partial charge in [0.2, 0.25) is 5.91 Å². The van der Waals surface area contributed by atoms with Crippen molar-refractivity contribution in [1.29, 1.82) is 0 Å². The summed E-state index contributed by atoms with van der Waals surface area (Å²) in [7, 11) is 0. The molecule has 6 heteroatoms. The number of amides is 1. The number of hydrogen-bond acceptors (Lipinski definition) is 5. The molecule has 30 heavy (non-hydrogen) atoms. The van der Waals surface area contributed by atoms with E-state index >= 15 is 0 Å². The Bertz CT molecular complexity index is 837. The van der Waals surface area contributed by atoms with Crippen LogP contribution in [0.25, 0.3) is 0 Å². The van der Waals surface area contributed by atoms with Gasteiger partial charge in [0.1, 0.15) is 5.75 Å². The van der Waals surface area contributed by atoms with Crippen molar-refractivity contribution in [3.05, 3.63) is 59.9 Å². The normalized spacial score (nSPS) is 20.9. The topological polar surface area (TPSA) is 63.7 Å². The van der Waals surface area contributed by atoms with Gasteiger partial charge in [0.05, 0.1) is 12.5 Å². The van der Waals surface area contributed by atoms with Crippen molar-refractivity contribution in [3.8, 4) is 5.75 Å². The van der Waals surface area contributed by atoms with E-state index in [4.69, 9.17) is 9.47 Å². The largest absolute Gasteiger partial charge is 0.494 e. The summed E-state index contributed by atoms with van der Waals surface area (Å²) in [5.41, 5.74) is 2.24. The third kappa shape index (κ3) is 4.65. The molecule has 2 aliphatic heterocycles. The van der Waals surface area contributed by atoms with Crippen molar-refractivity contribution in [2.24, 2.45) is 11.3 Å². The third-order valence-electron chi connectivity index (χ3n) is 6.41. The highest BCUT2D eigenvalue weighted by molar-refractivity contribution is 5.80. The van der Waals surface area contributed by atoms with E-state index in [1.165, 1.54) is 5.56 Å². The van der Waals surface area contributed by atoms with E-state index in [9.17, 15) is 4.79 Å². The predicted octanol–water partition coefficient (Wildman–Crippen LogP) is 3.03. The fraction of sp³-hybridized carbons (Fsp3) is 0.500. The maximum Gasteiger partial charge on any atom is 0.225 e. The molecule has 0 aliphatic carbocycles. The Morgan fingerprint density at radius 3 is 2.77 bits per heavy atom. The number of nitrogens with zero attached hydrogens (tertiary/aromatic N) is 2. The second kappa shape index (κ2) is 9.58. The van der Waals surface area contributed by atoms with Crippen LogP contribution < -0.4 is 10.1 Å². The average molecular weight is 410 g/mol. The molecular formula is C24H31N3O3. The van der Waals surface area contributed by atoms with Crippen molar-refractivity contribution in [2.45, 2.75) is 32.9 Å². The van der Waals surface area contributed by atoms with E-state index in [1.807, 2.05) is 31.2 Å². The molecule has 4 rings (SSSR count). The van der Waals surface area contributed by atoms with Gasteiger partial charge >= 0.3 is 0 Å². The molecule has 2 aliphatic rings. The lowest BCUT2D eigenvalue weighted by atomic mass is 9.71. The number of ether oxygens (including phenoxy) is 2. The zero-order valence-electron chi connectivity index (χ0n) is 17.7. The summed E-state index contributed by atoms with van der Waals surface area (Å²) in [6, 6.07) is 12.1. The number of pyridine rings is 1. The monoisotopic (exact) mass is 409 g/mol. The Labute approximate surface area is 178 Å². The second-order valence-electron chi connectivity index (χ2n) is 8.31. The van der Waals surface area contributed by atoms with Crippen LogP contribution in [0.3, 0.4) is 0 Å². The van der Waals surface area contributed by atoms with Crippen LogP contribution >= 0.6 is 0 Å². The van der Waals surface area contributed by atoms with Gasteiger partial charge in [0, 0.05) is 62.8 Å². The molecule has 1 aromatic carbocycles. The number of likely N-dealkylation sites (tertiary alicyclic amines) is 1. The predicted molar refractivity (Wildman–Crippen MR) is 115 cm³/mol. The molecule has 0 saturated carbocycles. The van der Waals surface area contributed by atoms with Crippen LogP contribution in [0.4, 0.5) is 0 Å². The van der Waals surface area contributed by atoms with Crippen LogP contribution in [-0.2, 0) is 22.6 Å². The third-order valence-corrected chi connectivity index (χ3v) is 6.41. The minimum Gasteiger partial charge on any atom is -0.494 e. The number of benzene rings is 1. The highest BCUT2D eigenvalue weighted by Gasteiger charge is 2.50. The number of hydrogen-bond donors (Lipinski definition) is 1. The Hall–Kier alpha value is -2.44. The molecule has 1 N–H and O–H groups in total. The zero-order chi connectivity index (χ0) is 20.8. The molecule has 1 aromatic heterocycles. The number of rotatable bonds is 7. The van der Waals surface area contributed by atoms with E-state index in [0.29, 0.717) is 13.2 Å². The summed E-state index contributed by atoms with van der Waals surface area (Å²) in [5, 5.41) is 3.17. The Kier molecular flexibility index (Phi) is 6.65. The van der Waals surface area contributed by atoms with Gasteiger partial charge < -0.3 is 14.8 Å². The number of para-hydroxylation sites is 1. The van der Waals surface area contributed by atoms with Crippen LogP contribution in [-0.4, -0.2) is 48.7 Å². The first-order valence-electron chi connectivity index (χ1n) is 10.9. The van der Waals surface area contributed by atoms with Gasteiger partial charge in [-0.15, -0.1) is 0 Å². The molecule has 6 nitrogen and oxygen atoms in total. The highest BCUT2D eigenvalue weighted by Crippen LogP contribution is 2.45. The molecule has 0 bridgehead atoms. The zero-order valence-corrected chi connectivity index (χ0v) is 17.7. The molecular weight excluding hydrogens is 378 g/mol. The minimum atomic E-state index is -0.0255. The van der Waals surface area contributed by atoms with E-state index < -0.39 is 0 Å². The van der Waals surface area contributed by atoms with Crippen molar-refractivity contribution in [3.63, 3.8) is 0 Å². The molecule has 3 heterocycles. The van der Waals surface area contributed by atoms with Gasteiger partial charge in [-0.05, 0) is 43.5 Å². The fourth-order valence-electron chi connectivity index (χ4n) is 4.82. The van der Waals surface area contributed by atoms with Gasteiger partial charge in [-0.25, -0.2) is 0 Å². The summed E-state index contributed by atoms with van der Waals surface area (Å²) < 4.78 is 11.5. The van der Waals surface area contributed by atoms with Gasteiger partial charge in [-0.1, -0.05) is 18.2 Å². The molecule has 1 amide bonds. The molecule has 160 valence electrons. The van der Waals surface area contributed by atoms with E-state index in [0.717, 1.165) is 57.0 Å². The Balaban J connectivity index is 1.47. The second-order valence-corrected chi connectivity index (χ2v) is 8.31. The molecule has 2 fully saturated rings. The van der Waals surface area contributed by atoms with Crippen LogP contribution in [0, 0.1) is 11.3 Å². The lowest BCUT2D eigenvalue weighted by Crippen LogP contribution is -2.44. The quantitative estimate of drug-likeness (QED) is 0.762. The SMILES string of the molecule is CCOc1ccccc1CN1CC(C(=O)NCc2ccncc2)C2(CCOCC2)C1. The van der Waals surface area contributed by atoms with Gasteiger partial charge in [0.25, 0.3) is 0 Å². The van der Waals surface area contributed by atoms with Crippen LogP contribution in [0.2, 0.25) is 0 Å². The Morgan fingerprint density at radius 2 is 2.00 bits per heavy atom. The minimum absolute atomic E-state index is 0.0128. The standard InChI is InChI=1S/C24H31N3O3/c1-2-30-22-6-4-3-5-20(22)16-27-17-21(24(18-27)9-13-29-14-10-24)23(28)26-15-19-7-11-25-12-8-19/h3-8,11-12,21H,2,9-10,13-18H2,1H3,(H,26,28). The van der Waals surface area contributed by atoms with Gasteiger partial charge in [-0.3, -0.25) is 14.7 Å². The summed E-state index contributed by atoms with van der Waals surface area (Å²) in [4.78, 5) is 19.7. The molecule has 0 radical (unpaired) electrons. The van der Waals surface area contributed by atoms with Crippen molar-refractivity contribution >= 4 is 5.91 Å². The molecule has 1 spiro atoms. The van der Waals surface area contributed by atoms with Crippen molar-refractivity contribution < 1.29 is 14.3 Å². The van der Waals surface area contributed by atoms with Crippen molar-refractivity contribution in [1.82, 2.24) is 15.2 Å². The first kappa shape index (κ1) is 20.8. The van der Waals surface area contributed by atoms with E-state index in [1.54, 1.807) is 12.4 Å². The fourth-order valence-corrected chi connectivity index (χ4v) is 4.82. The molecule has 1 unspecified atom stereocenters. The van der Waals surface area contributed by atoms with Gasteiger partial charge in [0.15, 0.2) is 0 Å². The molecule has 2 aromatic rings. The number of nitrogens with one attached hydrogen (secondary N) is 1. The maximum absolute atomic E-state index is 13.2. The average Bonchev–Trinajstić information content (AvgIpc) is 3.12. The summed E-state index contributed by atoms with van der Waals surface area (Å²) in [5.74, 6) is 1.06. The molecule has 2 saturated heterocycles. The lowest BCUT2D eigenvalue weighted by Gasteiger charge is -2.37. The number of aromatic nitrogens is 1.